The molecule has 9 nitrogen and oxygen atoms in total. The molecular weight excluding hydrogens is 553 g/mol. The minimum atomic E-state index is 0. The number of oxime groups is 2. The Morgan fingerprint density at radius 3 is 1.38 bits per heavy atom. The van der Waals surface area contributed by atoms with Crippen molar-refractivity contribution < 1.29 is 32.4 Å². The SMILES string of the molecule is CC(=N\O)/C(C)=N/O.O=N/C(=C(\NO)c1ccccc1)c1ccccc1.[CH2-]c1ccccc1.[Co].c1ccncc1. The zero-order chi connectivity index (χ0) is 28.7. The van der Waals surface area contributed by atoms with Gasteiger partial charge < -0.3 is 10.4 Å². The van der Waals surface area contributed by atoms with Gasteiger partial charge in [0.15, 0.2) is 0 Å². The van der Waals surface area contributed by atoms with E-state index in [1.165, 1.54) is 13.8 Å². The summed E-state index contributed by atoms with van der Waals surface area (Å²) in [4.78, 5) is 14.8. The number of nitrogens with one attached hydrogen (secondary N) is 1. The first kappa shape index (κ1) is 35.2. The van der Waals surface area contributed by atoms with Crippen molar-refractivity contribution in [1.29, 1.82) is 0 Å². The van der Waals surface area contributed by atoms with Crippen molar-refractivity contribution in [2.45, 2.75) is 13.8 Å². The third kappa shape index (κ3) is 14.2. The molecule has 0 atom stereocenters. The summed E-state index contributed by atoms with van der Waals surface area (Å²) < 4.78 is 0. The van der Waals surface area contributed by atoms with Gasteiger partial charge in [0.05, 0.1) is 5.70 Å². The van der Waals surface area contributed by atoms with E-state index in [1.54, 1.807) is 48.8 Å². The predicted octanol–water partition coefficient (Wildman–Crippen LogP) is 6.89. The Balaban J connectivity index is 0.000000574. The number of aromatic nitrogens is 1. The summed E-state index contributed by atoms with van der Waals surface area (Å²) in [7, 11) is 0. The molecule has 40 heavy (non-hydrogen) atoms. The maximum Gasteiger partial charge on any atom is 0.141 e. The number of pyridine rings is 1. The topological polar surface area (TPSA) is 140 Å². The van der Waals surface area contributed by atoms with E-state index >= 15 is 0 Å². The fourth-order valence-corrected chi connectivity index (χ4v) is 2.63. The number of rotatable bonds is 5. The van der Waals surface area contributed by atoms with Gasteiger partial charge in [0.1, 0.15) is 17.1 Å². The maximum atomic E-state index is 11.0. The molecule has 0 aliphatic rings. The average molecular weight is 586 g/mol. The van der Waals surface area contributed by atoms with Crippen LogP contribution in [0.3, 0.4) is 0 Å². The fraction of sp³-hybridized carbons (Fsp3) is 0.0667. The van der Waals surface area contributed by atoms with Gasteiger partial charge in [0.25, 0.3) is 0 Å². The molecule has 0 saturated carbocycles. The average Bonchev–Trinajstić information content (AvgIpc) is 3.02. The van der Waals surface area contributed by atoms with Crippen LogP contribution in [0.25, 0.3) is 11.4 Å². The van der Waals surface area contributed by atoms with Gasteiger partial charge in [-0.2, -0.15) is 24.6 Å². The molecule has 4 rings (SSSR count). The Labute approximate surface area is 244 Å². The molecule has 3 aromatic carbocycles. The Morgan fingerprint density at radius 1 is 0.700 bits per heavy atom. The maximum absolute atomic E-state index is 11.0. The zero-order valence-corrected chi connectivity index (χ0v) is 23.2. The molecule has 0 aliphatic heterocycles. The number of nitrogens with zero attached hydrogens (tertiary/aromatic N) is 4. The molecule has 4 N–H and O–H groups in total. The molecular formula is C30H32CoN5O4-. The second kappa shape index (κ2) is 22.2. The van der Waals surface area contributed by atoms with Crippen molar-refractivity contribution in [2.75, 3.05) is 0 Å². The van der Waals surface area contributed by atoms with Crippen LogP contribution < -0.4 is 5.48 Å². The molecule has 0 fully saturated rings. The van der Waals surface area contributed by atoms with E-state index in [2.05, 4.69) is 32.9 Å². The number of hydrogen-bond donors (Lipinski definition) is 4. The Morgan fingerprint density at radius 2 is 1.10 bits per heavy atom. The number of hydrogen-bond acceptors (Lipinski definition) is 9. The summed E-state index contributed by atoms with van der Waals surface area (Å²) >= 11 is 0. The summed E-state index contributed by atoms with van der Waals surface area (Å²) in [6, 6.07) is 33.6. The molecule has 1 aromatic heterocycles. The van der Waals surface area contributed by atoms with E-state index in [0.717, 1.165) is 5.56 Å². The van der Waals surface area contributed by atoms with Crippen molar-refractivity contribution in [3.05, 3.63) is 150 Å². The largest absolute Gasteiger partial charge is 0.411 e. The summed E-state index contributed by atoms with van der Waals surface area (Å²) in [5, 5.41) is 33.9. The molecule has 0 saturated heterocycles. The Bertz CT molecular complexity index is 1250. The Hall–Kier alpha value is -4.77. The van der Waals surface area contributed by atoms with E-state index in [9.17, 15) is 10.1 Å². The van der Waals surface area contributed by atoms with E-state index in [1.807, 2.05) is 72.8 Å². The second-order valence-electron chi connectivity index (χ2n) is 7.54. The van der Waals surface area contributed by atoms with Crippen LogP contribution in [0.15, 0.2) is 137 Å². The van der Waals surface area contributed by atoms with Gasteiger partial charge in [0.2, 0.25) is 0 Å². The molecule has 0 aliphatic carbocycles. The molecule has 4 aromatic rings. The van der Waals surface area contributed by atoms with Crippen LogP contribution in [0.2, 0.25) is 0 Å². The summed E-state index contributed by atoms with van der Waals surface area (Å²) in [5.41, 5.74) is 5.55. The third-order valence-corrected chi connectivity index (χ3v) is 4.78. The monoisotopic (exact) mass is 585 g/mol. The van der Waals surface area contributed by atoms with Crippen molar-refractivity contribution in [3.63, 3.8) is 0 Å². The van der Waals surface area contributed by atoms with Gasteiger partial charge >= 0.3 is 0 Å². The van der Waals surface area contributed by atoms with E-state index in [-0.39, 0.29) is 28.2 Å². The van der Waals surface area contributed by atoms with Gasteiger partial charge in [-0.15, -0.1) is 17.0 Å². The van der Waals surface area contributed by atoms with Gasteiger partial charge in [0, 0.05) is 40.3 Å². The van der Waals surface area contributed by atoms with E-state index < -0.39 is 0 Å². The summed E-state index contributed by atoms with van der Waals surface area (Å²) in [6.07, 6.45) is 3.50. The van der Waals surface area contributed by atoms with Crippen molar-refractivity contribution >= 4 is 22.8 Å². The normalized spacial score (nSPS) is 10.8. The number of benzene rings is 3. The van der Waals surface area contributed by atoms with Gasteiger partial charge in [-0.3, -0.25) is 15.7 Å². The Kier molecular flexibility index (Phi) is 19.6. The quantitative estimate of drug-likeness (QED) is 0.0502. The zero-order valence-electron chi connectivity index (χ0n) is 22.1. The molecule has 0 unspecified atom stereocenters. The van der Waals surface area contributed by atoms with E-state index in [0.29, 0.717) is 22.6 Å². The molecule has 0 spiro atoms. The molecule has 0 amide bonds. The van der Waals surface area contributed by atoms with Crippen LogP contribution in [-0.2, 0) is 16.8 Å². The van der Waals surface area contributed by atoms with Crippen LogP contribution in [0.1, 0.15) is 30.5 Å². The third-order valence-electron chi connectivity index (χ3n) is 4.78. The van der Waals surface area contributed by atoms with Crippen LogP contribution in [0.4, 0.5) is 0 Å². The van der Waals surface area contributed by atoms with Crippen LogP contribution >= 0.6 is 0 Å². The fourth-order valence-electron chi connectivity index (χ4n) is 2.63. The van der Waals surface area contributed by atoms with Crippen molar-refractivity contribution in [3.8, 4) is 0 Å². The van der Waals surface area contributed by atoms with Crippen LogP contribution in [-0.4, -0.2) is 32.0 Å². The molecule has 0 bridgehead atoms. The molecule has 1 radical (unpaired) electrons. The minimum Gasteiger partial charge on any atom is -0.411 e. The van der Waals surface area contributed by atoms with E-state index in [4.69, 9.17) is 10.4 Å². The first-order valence-electron chi connectivity index (χ1n) is 11.7. The van der Waals surface area contributed by atoms with Gasteiger partial charge in [-0.25, -0.2) is 0 Å². The number of hydroxylamine groups is 1. The second-order valence-corrected chi connectivity index (χ2v) is 7.54. The number of nitroso groups, excluding NO2 is 1. The first-order chi connectivity index (χ1) is 19.0. The van der Waals surface area contributed by atoms with Crippen LogP contribution in [0, 0.1) is 11.8 Å². The van der Waals surface area contributed by atoms with Gasteiger partial charge in [-0.1, -0.05) is 83.1 Å². The molecule has 211 valence electrons. The van der Waals surface area contributed by atoms with Gasteiger partial charge in [-0.05, 0) is 31.2 Å². The summed E-state index contributed by atoms with van der Waals surface area (Å²) in [6.45, 7) is 6.79. The van der Waals surface area contributed by atoms with Crippen molar-refractivity contribution in [1.82, 2.24) is 10.5 Å². The standard InChI is InChI=1S/C14H12N2O2.C7H7.C5H5N.C4H8N2O2.Co/c17-15-13(11-7-3-1-4-8-11)14(16-18)12-9-5-2-6-10-12;1-7-5-3-2-4-6-7;1-2-4-6-5-3-1;1-3(5-7)4(2)6-8;/h1-10,15,17H;2-6H,1H2;1-5H;7-8H,1-2H3;/q;-1;;;/b14-13-;;;5-3+,6-4+;. The van der Waals surface area contributed by atoms with Crippen molar-refractivity contribution in [2.24, 2.45) is 15.5 Å². The minimum absolute atomic E-state index is 0. The van der Waals surface area contributed by atoms with Crippen LogP contribution in [0.5, 0.6) is 0 Å². The summed E-state index contributed by atoms with van der Waals surface area (Å²) in [5.74, 6) is 0. The molecule has 1 heterocycles. The smallest absolute Gasteiger partial charge is 0.141 e. The first-order valence-corrected chi connectivity index (χ1v) is 11.7. The predicted molar refractivity (Wildman–Crippen MR) is 155 cm³/mol. The molecule has 10 heteroatoms.